The van der Waals surface area contributed by atoms with Crippen LogP contribution in [0.4, 0.5) is 4.39 Å². The van der Waals surface area contributed by atoms with Gasteiger partial charge in [-0.15, -0.1) is 13.2 Å². The number of nitrogens with zero attached hydrogens (tertiary/aromatic N) is 6. The maximum absolute atomic E-state index is 15.8. The van der Waals surface area contributed by atoms with Crippen LogP contribution in [0.3, 0.4) is 0 Å². The molecule has 0 radical (unpaired) electrons. The summed E-state index contributed by atoms with van der Waals surface area (Å²) >= 11 is 0. The maximum atomic E-state index is 15.8. The van der Waals surface area contributed by atoms with Crippen LogP contribution in [0.15, 0.2) is 103 Å². The minimum absolute atomic E-state index is 0.179. The second-order valence-corrected chi connectivity index (χ2v) is 16.4. The van der Waals surface area contributed by atoms with Gasteiger partial charge in [0.1, 0.15) is 18.0 Å². The molecule has 2 heterocycles. The van der Waals surface area contributed by atoms with E-state index in [4.69, 9.17) is 4.99 Å². The first-order valence-electron chi connectivity index (χ1n) is 21.7. The SMILES string of the molecule is C=CCCC(C=C)N(C)Cc1c(C#CC2CCN(C(=C)CNCCCc3cccc(F)c3-c3c(C)cc(C(=NC=NC)N4CCN(C)CC4)cc3C)CC2)cccc1C=C. The van der Waals surface area contributed by atoms with Gasteiger partial charge in [0.25, 0.3) is 0 Å². The van der Waals surface area contributed by atoms with Crippen molar-refractivity contribution in [1.82, 2.24) is 24.9 Å². The molecule has 2 aliphatic heterocycles. The molecule has 0 bridgehead atoms. The van der Waals surface area contributed by atoms with Crippen LogP contribution in [-0.2, 0) is 13.0 Å². The number of hydrogen-bond acceptors (Lipinski definition) is 5. The summed E-state index contributed by atoms with van der Waals surface area (Å²) in [6.07, 6.45) is 13.2. The van der Waals surface area contributed by atoms with Gasteiger partial charge in [0.2, 0.25) is 0 Å². The Morgan fingerprint density at radius 2 is 1.70 bits per heavy atom. The van der Waals surface area contributed by atoms with Crippen molar-refractivity contribution in [2.24, 2.45) is 15.9 Å². The highest BCUT2D eigenvalue weighted by Crippen LogP contribution is 2.34. The molecule has 0 saturated carbocycles. The van der Waals surface area contributed by atoms with Gasteiger partial charge in [-0.05, 0) is 131 Å². The fourth-order valence-corrected chi connectivity index (χ4v) is 8.54. The van der Waals surface area contributed by atoms with E-state index >= 15 is 4.39 Å². The largest absolute Gasteiger partial charge is 0.374 e. The van der Waals surface area contributed by atoms with Gasteiger partial charge in [0, 0.05) is 93.8 Å². The van der Waals surface area contributed by atoms with E-state index in [1.165, 1.54) is 5.56 Å². The van der Waals surface area contributed by atoms with Crippen LogP contribution in [-0.4, -0.2) is 111 Å². The number of piperidine rings is 1. The van der Waals surface area contributed by atoms with Crippen LogP contribution < -0.4 is 5.32 Å². The van der Waals surface area contributed by atoms with Gasteiger partial charge in [-0.2, -0.15) is 0 Å². The van der Waals surface area contributed by atoms with Crippen LogP contribution in [0.1, 0.15) is 71.0 Å². The number of nitrogens with one attached hydrogen (secondary N) is 1. The number of benzene rings is 3. The van der Waals surface area contributed by atoms with E-state index in [0.29, 0.717) is 11.5 Å². The summed E-state index contributed by atoms with van der Waals surface area (Å²) in [6.45, 7) is 28.7. The molecule has 318 valence electrons. The highest BCUT2D eigenvalue weighted by atomic mass is 19.1. The van der Waals surface area contributed by atoms with E-state index in [2.05, 4.69) is 132 Å². The Balaban J connectivity index is 1.14. The van der Waals surface area contributed by atoms with Crippen LogP contribution in [0.25, 0.3) is 17.2 Å². The van der Waals surface area contributed by atoms with Gasteiger partial charge in [0.15, 0.2) is 0 Å². The summed E-state index contributed by atoms with van der Waals surface area (Å²) in [5, 5.41) is 3.62. The molecule has 60 heavy (non-hydrogen) atoms. The van der Waals surface area contributed by atoms with Gasteiger partial charge in [-0.1, -0.05) is 67.5 Å². The third-order valence-corrected chi connectivity index (χ3v) is 12.1. The normalized spacial score (nSPS) is 15.9. The first kappa shape index (κ1) is 46.0. The first-order valence-corrected chi connectivity index (χ1v) is 21.7. The van der Waals surface area contributed by atoms with Crippen molar-refractivity contribution < 1.29 is 4.39 Å². The van der Waals surface area contributed by atoms with Gasteiger partial charge in [-0.3, -0.25) is 9.89 Å². The van der Waals surface area contributed by atoms with Crippen molar-refractivity contribution >= 4 is 18.3 Å². The zero-order valence-electron chi connectivity index (χ0n) is 37.1. The first-order chi connectivity index (χ1) is 29.1. The van der Waals surface area contributed by atoms with E-state index in [1.807, 2.05) is 24.3 Å². The summed E-state index contributed by atoms with van der Waals surface area (Å²) in [7, 11) is 6.04. The number of rotatable bonds is 18. The van der Waals surface area contributed by atoms with Crippen LogP contribution in [0, 0.1) is 37.4 Å². The third kappa shape index (κ3) is 12.3. The lowest BCUT2D eigenvalue weighted by Crippen LogP contribution is -2.47. The zero-order valence-corrected chi connectivity index (χ0v) is 37.1. The Hall–Kier alpha value is -5.07. The van der Waals surface area contributed by atoms with E-state index < -0.39 is 0 Å². The highest BCUT2D eigenvalue weighted by Gasteiger charge is 2.23. The molecule has 0 aliphatic carbocycles. The fourth-order valence-electron chi connectivity index (χ4n) is 8.54. The molecule has 2 saturated heterocycles. The molecule has 0 aromatic heterocycles. The Labute approximate surface area is 361 Å². The van der Waals surface area contributed by atoms with Gasteiger partial charge in [0.05, 0.1) is 0 Å². The molecule has 5 rings (SSSR count). The molecule has 1 unspecified atom stereocenters. The molecular formula is C52H68FN7. The van der Waals surface area contributed by atoms with Crippen molar-refractivity contribution in [3.05, 3.63) is 137 Å². The number of allylic oxidation sites excluding steroid dienone is 1. The number of hydrogen-bond donors (Lipinski definition) is 1. The standard InChI is InChI=1S/C52H68FN7/c1-10-13-21-47(12-3)58(9)37-48-43(11-2)17-14-18-44(48)24-23-42-25-28-59(29-26-42)41(6)36-55-27-16-20-45-19-15-22-49(53)51(45)50-39(4)34-46(35-40(50)5)52(56-38-54-7)60-32-30-57(8)31-33-60/h10-12,14-15,17-19,22,34-35,38,42,47,55H,1-3,6,13,16,20-21,25-33,36-37H2,4-5,7-9H3. The second kappa shape index (κ2) is 23.1. The number of amidine groups is 1. The predicted molar refractivity (Wildman–Crippen MR) is 254 cm³/mol. The topological polar surface area (TPSA) is 49.7 Å². The molecule has 0 spiro atoms. The second-order valence-electron chi connectivity index (χ2n) is 16.4. The van der Waals surface area contributed by atoms with E-state index in [1.54, 1.807) is 19.5 Å². The van der Waals surface area contributed by atoms with E-state index in [9.17, 15) is 0 Å². The summed E-state index contributed by atoms with van der Waals surface area (Å²) in [5.74, 6) is 8.28. The van der Waals surface area contributed by atoms with Gasteiger partial charge >= 0.3 is 0 Å². The lowest BCUT2D eigenvalue weighted by atomic mass is 9.88. The number of likely N-dealkylation sites (tertiary alicyclic amines) is 1. The lowest BCUT2D eigenvalue weighted by molar-refractivity contribution is 0.216. The van der Waals surface area contributed by atoms with Crippen LogP contribution in [0.5, 0.6) is 0 Å². The Kier molecular flexibility index (Phi) is 17.7. The smallest absolute Gasteiger partial charge is 0.137 e. The molecule has 0 amide bonds. The molecule has 8 heteroatoms. The number of halogens is 1. The van der Waals surface area contributed by atoms with Gasteiger partial charge in [-0.25, -0.2) is 9.38 Å². The molecule has 2 fully saturated rings. The number of aliphatic imine (C=N–C) groups is 2. The lowest BCUT2D eigenvalue weighted by Gasteiger charge is -2.34. The van der Waals surface area contributed by atoms with Crippen molar-refractivity contribution in [3.63, 3.8) is 0 Å². The summed E-state index contributed by atoms with van der Waals surface area (Å²) in [5.41, 5.74) is 10.4. The number of piperazine rings is 1. The zero-order chi connectivity index (χ0) is 43.0. The summed E-state index contributed by atoms with van der Waals surface area (Å²) in [6, 6.07) is 16.4. The summed E-state index contributed by atoms with van der Waals surface area (Å²) < 4.78 is 15.8. The van der Waals surface area contributed by atoms with Crippen LogP contribution in [0.2, 0.25) is 0 Å². The quantitative estimate of drug-likeness (QED) is 0.0457. The molecular weight excluding hydrogens is 742 g/mol. The molecule has 3 aromatic carbocycles. The average molecular weight is 810 g/mol. The fraction of sp³-hybridized carbons (Fsp3) is 0.423. The molecule has 3 aromatic rings. The molecule has 1 atom stereocenters. The van der Waals surface area contributed by atoms with Crippen molar-refractivity contribution in [2.75, 3.05) is 73.5 Å². The molecule has 7 nitrogen and oxygen atoms in total. The summed E-state index contributed by atoms with van der Waals surface area (Å²) in [4.78, 5) is 18.3. The van der Waals surface area contributed by atoms with E-state index in [-0.39, 0.29) is 11.9 Å². The van der Waals surface area contributed by atoms with Crippen molar-refractivity contribution in [3.8, 4) is 23.0 Å². The van der Waals surface area contributed by atoms with Crippen molar-refractivity contribution in [2.45, 2.75) is 65.0 Å². The minimum atomic E-state index is -0.179. The Morgan fingerprint density at radius 3 is 2.37 bits per heavy atom. The molecule has 2 aliphatic rings. The number of likely N-dealkylation sites (N-methyl/N-ethyl adjacent to an activating group) is 2. The van der Waals surface area contributed by atoms with Crippen molar-refractivity contribution in [1.29, 1.82) is 0 Å². The van der Waals surface area contributed by atoms with Gasteiger partial charge < -0.3 is 20.0 Å². The maximum Gasteiger partial charge on any atom is 0.137 e. The monoisotopic (exact) mass is 810 g/mol. The Morgan fingerprint density at radius 1 is 0.983 bits per heavy atom. The Bertz CT molecular complexity index is 2050. The third-order valence-electron chi connectivity index (χ3n) is 12.1. The average Bonchev–Trinajstić information content (AvgIpc) is 3.24. The minimum Gasteiger partial charge on any atom is -0.374 e. The predicted octanol–water partition coefficient (Wildman–Crippen LogP) is 9.16. The highest BCUT2D eigenvalue weighted by molar-refractivity contribution is 6.03. The number of aryl methyl sites for hydroxylation is 3. The van der Waals surface area contributed by atoms with Crippen LogP contribution >= 0.6 is 0 Å². The van der Waals surface area contributed by atoms with E-state index in [0.717, 1.165) is 148 Å². The molecule has 1 N–H and O–H groups in total.